The lowest BCUT2D eigenvalue weighted by Gasteiger charge is -2.20. The van der Waals surface area contributed by atoms with Gasteiger partial charge in [0.15, 0.2) is 5.44 Å². The molecule has 2 aliphatic rings. The minimum absolute atomic E-state index is 0.491. The maximum atomic E-state index is 5.10. The van der Waals surface area contributed by atoms with E-state index < -0.39 is 0 Å². The number of hydrogen-bond donors (Lipinski definition) is 1. The van der Waals surface area contributed by atoms with Crippen LogP contribution in [0.3, 0.4) is 0 Å². The fraction of sp³-hybridized carbons (Fsp3) is 1.00. The number of rotatable bonds is 1. The van der Waals surface area contributed by atoms with E-state index in [1.54, 1.807) is 12.0 Å². The molecule has 2 atom stereocenters. The smallest absolute Gasteiger partial charge is 0.158 e. The second-order valence-corrected chi connectivity index (χ2v) is 3.47. The van der Waals surface area contributed by atoms with Crippen molar-refractivity contribution < 1.29 is 4.18 Å². The van der Waals surface area contributed by atoms with E-state index in [1.165, 1.54) is 25.8 Å². The largest absolute Gasteiger partial charge is 0.311 e. The molecule has 0 aliphatic carbocycles. The summed E-state index contributed by atoms with van der Waals surface area (Å²) in [6, 6.07) is 0.656. The average Bonchev–Trinajstić information content (AvgIpc) is 2.71. The molecule has 3 heteroatoms. The van der Waals surface area contributed by atoms with Crippen molar-refractivity contribution in [3.05, 3.63) is 0 Å². The maximum absolute atomic E-state index is 5.10. The van der Waals surface area contributed by atoms with Gasteiger partial charge in [-0.15, -0.1) is 0 Å². The van der Waals surface area contributed by atoms with E-state index in [0.717, 1.165) is 0 Å². The molecule has 2 heterocycles. The van der Waals surface area contributed by atoms with Gasteiger partial charge in [-0.1, -0.05) is 6.42 Å². The monoisotopic (exact) mass is 145 g/mol. The highest BCUT2D eigenvalue weighted by molar-refractivity contribution is 8.00. The van der Waals surface area contributed by atoms with E-state index in [9.17, 15) is 0 Å². The lowest BCUT2D eigenvalue weighted by Crippen LogP contribution is -2.37. The zero-order valence-corrected chi connectivity index (χ0v) is 6.12. The first kappa shape index (κ1) is 6.01. The minimum atomic E-state index is 0.491. The van der Waals surface area contributed by atoms with Crippen LogP contribution < -0.4 is 5.32 Å². The molecule has 2 rings (SSSR count). The molecule has 0 saturated carbocycles. The van der Waals surface area contributed by atoms with E-state index >= 15 is 0 Å². The molecule has 52 valence electrons. The first-order chi connectivity index (χ1) is 4.47. The van der Waals surface area contributed by atoms with Crippen LogP contribution in [0.1, 0.15) is 19.3 Å². The Balaban J connectivity index is 1.80. The third kappa shape index (κ3) is 1.39. The lowest BCUT2D eigenvalue weighted by atomic mass is 10.1. The number of piperidine rings is 1. The first-order valence-corrected chi connectivity index (χ1v) is 4.33. The molecule has 1 N–H and O–H groups in total. The molecular formula is C6H11NOS. The zero-order chi connectivity index (χ0) is 6.10. The summed E-state index contributed by atoms with van der Waals surface area (Å²) in [7, 11) is 0. The Hall–Kier alpha value is 0.270. The van der Waals surface area contributed by atoms with Crippen molar-refractivity contribution in [3.63, 3.8) is 0 Å². The third-order valence-electron chi connectivity index (χ3n) is 1.88. The Morgan fingerprint density at radius 2 is 2.33 bits per heavy atom. The van der Waals surface area contributed by atoms with Gasteiger partial charge in [0.25, 0.3) is 0 Å². The number of hydrogen-bond acceptors (Lipinski definition) is 3. The molecule has 2 unspecified atom stereocenters. The van der Waals surface area contributed by atoms with E-state index in [1.807, 2.05) is 0 Å². The molecule has 0 bridgehead atoms. The van der Waals surface area contributed by atoms with Crippen LogP contribution in [0.5, 0.6) is 0 Å². The second kappa shape index (κ2) is 2.48. The summed E-state index contributed by atoms with van der Waals surface area (Å²) >= 11 is 1.61. The van der Waals surface area contributed by atoms with Crippen LogP contribution in [0.4, 0.5) is 0 Å². The summed E-state index contributed by atoms with van der Waals surface area (Å²) in [5, 5.41) is 3.44. The van der Waals surface area contributed by atoms with E-state index in [0.29, 0.717) is 11.5 Å². The van der Waals surface area contributed by atoms with Gasteiger partial charge < -0.3 is 5.32 Å². The van der Waals surface area contributed by atoms with Crippen LogP contribution in [-0.2, 0) is 4.18 Å². The highest BCUT2D eigenvalue weighted by Gasteiger charge is 2.35. The Kier molecular flexibility index (Phi) is 1.66. The van der Waals surface area contributed by atoms with Gasteiger partial charge in [0.05, 0.1) is 0 Å². The van der Waals surface area contributed by atoms with Crippen LogP contribution >= 0.6 is 12.0 Å². The molecule has 2 aliphatic heterocycles. The lowest BCUT2D eigenvalue weighted by molar-refractivity contribution is 0.309. The van der Waals surface area contributed by atoms with Gasteiger partial charge in [0.2, 0.25) is 0 Å². The normalized spacial score (nSPS) is 42.7. The van der Waals surface area contributed by atoms with Crippen molar-refractivity contribution in [2.24, 2.45) is 0 Å². The van der Waals surface area contributed by atoms with Gasteiger partial charge in [-0.05, 0) is 19.4 Å². The molecule has 0 spiro atoms. The van der Waals surface area contributed by atoms with Crippen molar-refractivity contribution >= 4 is 12.0 Å². The molecule has 2 saturated heterocycles. The second-order valence-electron chi connectivity index (χ2n) is 2.62. The fourth-order valence-electron chi connectivity index (χ4n) is 1.28. The Labute approximate surface area is 59.5 Å². The maximum Gasteiger partial charge on any atom is 0.158 e. The zero-order valence-electron chi connectivity index (χ0n) is 5.30. The molecule has 0 amide bonds. The Bertz CT molecular complexity index is 99.2. The predicted molar refractivity (Wildman–Crippen MR) is 38.1 cm³/mol. The minimum Gasteiger partial charge on any atom is -0.311 e. The van der Waals surface area contributed by atoms with Crippen molar-refractivity contribution in [2.75, 3.05) is 6.54 Å². The summed E-state index contributed by atoms with van der Waals surface area (Å²) < 4.78 is 5.10. The van der Waals surface area contributed by atoms with E-state index in [2.05, 4.69) is 5.32 Å². The standard InChI is InChI=1S/C6H11NOS/c1-2-4-7-5(3-1)6-8-9-6/h5-7H,1-4H2. The highest BCUT2D eigenvalue weighted by Crippen LogP contribution is 2.38. The topological polar surface area (TPSA) is 24.6 Å². The Morgan fingerprint density at radius 3 is 2.89 bits per heavy atom. The van der Waals surface area contributed by atoms with Gasteiger partial charge in [-0.3, -0.25) is 4.18 Å². The molecule has 2 nitrogen and oxygen atoms in total. The third-order valence-corrected chi connectivity index (χ3v) is 2.63. The fourth-order valence-corrected chi connectivity index (χ4v) is 1.84. The van der Waals surface area contributed by atoms with Gasteiger partial charge in [0, 0.05) is 18.1 Å². The predicted octanol–water partition coefficient (Wildman–Crippen LogP) is 1.13. The van der Waals surface area contributed by atoms with E-state index in [-0.39, 0.29) is 0 Å². The van der Waals surface area contributed by atoms with Gasteiger partial charge >= 0.3 is 0 Å². The molecule has 2 fully saturated rings. The quantitative estimate of drug-likeness (QED) is 0.442. The van der Waals surface area contributed by atoms with Gasteiger partial charge in [-0.25, -0.2) is 0 Å². The van der Waals surface area contributed by atoms with Crippen molar-refractivity contribution in [3.8, 4) is 0 Å². The number of nitrogens with one attached hydrogen (secondary N) is 1. The SMILES string of the molecule is C1CCC(C2OS2)NC1. The molecule has 0 aromatic rings. The highest BCUT2D eigenvalue weighted by atomic mass is 32.2. The van der Waals surface area contributed by atoms with Gasteiger partial charge in [-0.2, -0.15) is 0 Å². The van der Waals surface area contributed by atoms with E-state index in [4.69, 9.17) is 4.18 Å². The summed E-state index contributed by atoms with van der Waals surface area (Å²) in [6.45, 7) is 1.19. The summed E-state index contributed by atoms with van der Waals surface area (Å²) in [6.07, 6.45) is 4.02. The van der Waals surface area contributed by atoms with Crippen LogP contribution in [0.25, 0.3) is 0 Å². The molecule has 0 aromatic heterocycles. The van der Waals surface area contributed by atoms with Crippen LogP contribution in [0.15, 0.2) is 0 Å². The average molecular weight is 145 g/mol. The molecule has 0 radical (unpaired) electrons. The van der Waals surface area contributed by atoms with Crippen LogP contribution in [-0.4, -0.2) is 18.0 Å². The Morgan fingerprint density at radius 1 is 1.44 bits per heavy atom. The molecular weight excluding hydrogens is 134 g/mol. The summed E-state index contributed by atoms with van der Waals surface area (Å²) in [4.78, 5) is 0. The molecule has 0 aromatic carbocycles. The van der Waals surface area contributed by atoms with Crippen molar-refractivity contribution in [1.82, 2.24) is 5.32 Å². The first-order valence-electron chi connectivity index (χ1n) is 3.52. The summed E-state index contributed by atoms with van der Waals surface area (Å²) in [5.74, 6) is 0. The van der Waals surface area contributed by atoms with Crippen LogP contribution in [0.2, 0.25) is 0 Å². The van der Waals surface area contributed by atoms with Crippen LogP contribution in [0, 0.1) is 0 Å². The van der Waals surface area contributed by atoms with Crippen molar-refractivity contribution in [2.45, 2.75) is 30.7 Å². The summed E-state index contributed by atoms with van der Waals surface area (Å²) in [5.41, 5.74) is 0.491. The van der Waals surface area contributed by atoms with Gasteiger partial charge in [0.1, 0.15) is 0 Å². The molecule has 9 heavy (non-hydrogen) atoms. The van der Waals surface area contributed by atoms with Crippen molar-refractivity contribution in [1.29, 1.82) is 0 Å².